The van der Waals surface area contributed by atoms with Crippen molar-refractivity contribution >= 4 is 44.8 Å². The molecule has 0 spiro atoms. The van der Waals surface area contributed by atoms with Crippen molar-refractivity contribution in [2.45, 2.75) is 58.2 Å². The van der Waals surface area contributed by atoms with Crippen molar-refractivity contribution in [2.24, 2.45) is 0 Å². The first-order chi connectivity index (χ1) is 19.9. The third-order valence-corrected chi connectivity index (χ3v) is 11.2. The molecule has 7 rings (SSSR count). The van der Waals surface area contributed by atoms with E-state index in [0.29, 0.717) is 5.92 Å². The second-order valence-corrected chi connectivity index (χ2v) is 18.2. The van der Waals surface area contributed by atoms with Crippen molar-refractivity contribution in [1.82, 2.24) is 9.97 Å². The van der Waals surface area contributed by atoms with Crippen LogP contribution in [0.2, 0.25) is 19.6 Å². The van der Waals surface area contributed by atoms with Crippen LogP contribution < -0.4 is 5.19 Å². The maximum atomic E-state index is 4.76. The van der Waals surface area contributed by atoms with Crippen LogP contribution in [0.5, 0.6) is 0 Å². The molecule has 2 nitrogen and oxygen atoms in total. The van der Waals surface area contributed by atoms with Crippen LogP contribution in [0.3, 0.4) is 0 Å². The average molecular weight is 761 g/mol. The number of rotatable bonds is 4. The molecule has 0 amide bonds. The quantitative estimate of drug-likeness (QED) is 0.132. The van der Waals surface area contributed by atoms with E-state index < -0.39 is 8.07 Å². The molecule has 3 heterocycles. The molecule has 215 valence electrons. The van der Waals surface area contributed by atoms with Crippen LogP contribution in [0.15, 0.2) is 91.3 Å². The van der Waals surface area contributed by atoms with E-state index in [1.165, 1.54) is 62.5 Å². The van der Waals surface area contributed by atoms with Gasteiger partial charge in [-0.2, -0.15) is 11.3 Å². The van der Waals surface area contributed by atoms with Crippen LogP contribution in [0.25, 0.3) is 42.7 Å². The van der Waals surface area contributed by atoms with Crippen molar-refractivity contribution < 1.29 is 20.1 Å². The molecule has 6 aromatic rings. The molecule has 1 radical (unpaired) electrons. The van der Waals surface area contributed by atoms with E-state index in [9.17, 15) is 0 Å². The summed E-state index contributed by atoms with van der Waals surface area (Å²) < 4.78 is 2.72. The van der Waals surface area contributed by atoms with Gasteiger partial charge in [0.2, 0.25) is 0 Å². The first-order valence-electron chi connectivity index (χ1n) is 14.6. The summed E-state index contributed by atoms with van der Waals surface area (Å²) in [4.78, 5) is 9.07. The molecule has 0 unspecified atom stereocenters. The number of hydrogen-bond donors (Lipinski definition) is 0. The fourth-order valence-corrected chi connectivity index (χ4v) is 8.82. The van der Waals surface area contributed by atoms with Gasteiger partial charge in [0.25, 0.3) is 0 Å². The number of aromatic nitrogens is 2. The van der Waals surface area contributed by atoms with Gasteiger partial charge < -0.3 is 9.97 Å². The van der Waals surface area contributed by atoms with Crippen LogP contribution in [0, 0.1) is 19.1 Å². The van der Waals surface area contributed by atoms with Gasteiger partial charge in [-0.3, -0.25) is 0 Å². The zero-order valence-corrected chi connectivity index (χ0v) is 28.9. The Morgan fingerprint density at radius 3 is 2.38 bits per heavy atom. The Bertz CT molecular complexity index is 1780. The molecule has 3 aromatic heterocycles. The molecule has 1 saturated carbocycles. The summed E-state index contributed by atoms with van der Waals surface area (Å²) in [6.07, 6.45) is 9.23. The Morgan fingerprint density at radius 1 is 0.833 bits per heavy atom. The Kier molecular flexibility index (Phi) is 9.54. The molecule has 1 fully saturated rings. The molecule has 5 heteroatoms. The molecule has 1 aliphatic carbocycles. The van der Waals surface area contributed by atoms with Gasteiger partial charge in [0, 0.05) is 37.2 Å². The van der Waals surface area contributed by atoms with Crippen molar-refractivity contribution in [2.75, 3.05) is 0 Å². The summed E-state index contributed by atoms with van der Waals surface area (Å²) in [7, 11) is -1.42. The van der Waals surface area contributed by atoms with Gasteiger partial charge in [-0.1, -0.05) is 79.0 Å². The number of hydrogen-bond acceptors (Lipinski definition) is 3. The van der Waals surface area contributed by atoms with Crippen LogP contribution >= 0.6 is 11.3 Å². The number of nitrogens with zero attached hydrogens (tertiary/aromatic N) is 2. The molecule has 42 heavy (non-hydrogen) atoms. The second kappa shape index (κ2) is 13.1. The molecule has 3 aromatic carbocycles. The zero-order valence-electron chi connectivity index (χ0n) is 24.7. The summed E-state index contributed by atoms with van der Waals surface area (Å²) >= 11 is 1.90. The van der Waals surface area contributed by atoms with E-state index in [0.717, 1.165) is 17.0 Å². The van der Waals surface area contributed by atoms with Crippen molar-refractivity contribution in [1.29, 1.82) is 0 Å². The number of benzene rings is 3. The number of aryl methyl sites for hydroxylation is 1. The Labute approximate surface area is 268 Å². The van der Waals surface area contributed by atoms with Gasteiger partial charge in [-0.15, -0.1) is 59.7 Å². The predicted molar refractivity (Wildman–Crippen MR) is 179 cm³/mol. The molecule has 0 saturated heterocycles. The Balaban J connectivity index is 0.000000212. The summed E-state index contributed by atoms with van der Waals surface area (Å²) in [5, 5.41) is 4.39. The second-order valence-electron chi connectivity index (χ2n) is 12.1. The van der Waals surface area contributed by atoms with Crippen LogP contribution in [0.4, 0.5) is 0 Å². The first kappa shape index (κ1) is 30.5. The van der Waals surface area contributed by atoms with E-state index in [4.69, 9.17) is 4.98 Å². The molecule has 1 aliphatic rings. The third-order valence-electron chi connectivity index (χ3n) is 8.03. The molecule has 0 atom stereocenters. The van der Waals surface area contributed by atoms with Gasteiger partial charge in [0.15, 0.2) is 0 Å². The SMILES string of the molecule is C[Si](C)(C)c1cccc2sc3c(-c4cc(C5CCCC5)ccn4)[c-]ccc3c12.Cc1ccc(-c2[c-]cccc2)nc1.[Ir]. The summed E-state index contributed by atoms with van der Waals surface area (Å²) in [5.74, 6) is 0.710. The zero-order chi connectivity index (χ0) is 28.4. The van der Waals surface area contributed by atoms with Gasteiger partial charge >= 0.3 is 0 Å². The third kappa shape index (κ3) is 6.50. The summed E-state index contributed by atoms with van der Waals surface area (Å²) in [6.45, 7) is 9.35. The normalized spacial score (nSPS) is 13.5. The summed E-state index contributed by atoms with van der Waals surface area (Å²) in [5.41, 5.74) is 6.90. The van der Waals surface area contributed by atoms with Crippen LogP contribution in [0.1, 0.15) is 42.7 Å². The smallest absolute Gasteiger partial charge is 0.0783 e. The fraction of sp³-hybridized carbons (Fsp3) is 0.243. The fourth-order valence-electron chi connectivity index (χ4n) is 5.88. The van der Waals surface area contributed by atoms with Gasteiger partial charge in [0.05, 0.1) is 8.07 Å². The van der Waals surface area contributed by atoms with Gasteiger partial charge in [-0.05, 0) is 64.9 Å². The van der Waals surface area contributed by atoms with Crippen LogP contribution in [-0.2, 0) is 20.1 Å². The molecule has 0 bridgehead atoms. The van der Waals surface area contributed by atoms with E-state index in [1.54, 1.807) is 5.19 Å². The Morgan fingerprint density at radius 2 is 1.67 bits per heavy atom. The van der Waals surface area contributed by atoms with Crippen molar-refractivity contribution in [3.05, 3.63) is 115 Å². The Hall–Kier alpha value is -2.95. The molecule has 0 aliphatic heterocycles. The largest absolute Gasteiger partial charge is 0.305 e. The minimum atomic E-state index is -1.42. The predicted octanol–water partition coefficient (Wildman–Crippen LogP) is 9.97. The minimum Gasteiger partial charge on any atom is -0.305 e. The molecular formula is C37H36IrN2SSi-2. The van der Waals surface area contributed by atoms with E-state index in [2.05, 4.69) is 85.3 Å². The average Bonchev–Trinajstić information content (AvgIpc) is 3.66. The number of thiophene rings is 1. The minimum absolute atomic E-state index is 0. The number of fused-ring (bicyclic) bond motifs is 3. The maximum absolute atomic E-state index is 4.76. The van der Waals surface area contributed by atoms with Gasteiger partial charge in [-0.25, -0.2) is 0 Å². The van der Waals surface area contributed by atoms with E-state index in [-0.39, 0.29) is 20.1 Å². The van der Waals surface area contributed by atoms with Gasteiger partial charge in [0.1, 0.15) is 0 Å². The molecule has 0 N–H and O–H groups in total. The van der Waals surface area contributed by atoms with E-state index >= 15 is 0 Å². The maximum Gasteiger partial charge on any atom is 0.0783 e. The van der Waals surface area contributed by atoms with E-state index in [1.807, 2.05) is 61.0 Å². The van der Waals surface area contributed by atoms with Crippen molar-refractivity contribution in [3.63, 3.8) is 0 Å². The molecular weight excluding hydrogens is 725 g/mol. The van der Waals surface area contributed by atoms with Crippen molar-refractivity contribution in [3.8, 4) is 22.5 Å². The topological polar surface area (TPSA) is 25.8 Å². The monoisotopic (exact) mass is 761 g/mol. The number of pyridine rings is 2. The summed E-state index contributed by atoms with van der Waals surface area (Å²) in [6, 6.07) is 34.3. The standard InChI is InChI=1S/C25H26NSSi.C12H10N.Ir/c1-28(2,3)23-13-7-12-22-24(23)20-11-6-10-19(25(20)27-22)21-16-18(14-15-26-21)17-8-4-5-9-17;1-10-7-8-12(13-9-10)11-5-3-2-4-6-11;/h6-7,11-17H,4-5,8-9H2,1-3H3;2-5,7-9H,1H3;/q2*-1;. The first-order valence-corrected chi connectivity index (χ1v) is 18.9. The van der Waals surface area contributed by atoms with Crippen LogP contribution in [-0.4, -0.2) is 18.0 Å².